The summed E-state index contributed by atoms with van der Waals surface area (Å²) in [5, 5.41) is 10.9. The molecule has 2 aromatic carbocycles. The number of carbonyl (C=O) groups is 1. The van der Waals surface area contributed by atoms with Gasteiger partial charge in [0.25, 0.3) is 5.91 Å². The van der Waals surface area contributed by atoms with Gasteiger partial charge in [0, 0.05) is 19.0 Å². The second kappa shape index (κ2) is 6.16. The maximum atomic E-state index is 12.7. The number of phenolic OH excluding ortho intramolecular Hbond substituents is 1. The van der Waals surface area contributed by atoms with Gasteiger partial charge in [0.2, 0.25) is 0 Å². The summed E-state index contributed by atoms with van der Waals surface area (Å²) in [7, 11) is 3.71. The molecule has 2 aliphatic heterocycles. The molecule has 126 valence electrons. The van der Waals surface area contributed by atoms with Gasteiger partial charge in [-0.2, -0.15) is 0 Å². The van der Waals surface area contributed by atoms with Crippen molar-refractivity contribution in [3.05, 3.63) is 58.5 Å². The first-order valence-electron chi connectivity index (χ1n) is 7.63. The molecule has 0 saturated carbocycles. The number of carbonyl (C=O) groups excluding carboxylic acids is 1. The molecule has 0 spiro atoms. The molecule has 7 heteroatoms. The van der Waals surface area contributed by atoms with E-state index < -0.39 is 0 Å². The lowest BCUT2D eigenvalue weighted by molar-refractivity contribution is -0.121. The lowest BCUT2D eigenvalue weighted by Gasteiger charge is -2.14. The van der Waals surface area contributed by atoms with Gasteiger partial charge in [-0.3, -0.25) is 9.69 Å². The van der Waals surface area contributed by atoms with Crippen molar-refractivity contribution in [2.75, 3.05) is 19.0 Å². The Morgan fingerprint density at radius 2 is 1.68 bits per heavy atom. The van der Waals surface area contributed by atoms with Gasteiger partial charge in [-0.05, 0) is 48.2 Å². The van der Waals surface area contributed by atoms with Gasteiger partial charge in [-0.25, -0.2) is 4.99 Å². The quantitative estimate of drug-likeness (QED) is 0.770. The van der Waals surface area contributed by atoms with Gasteiger partial charge in [-0.1, -0.05) is 23.9 Å². The number of nitrogens with zero attached hydrogens (tertiary/aromatic N) is 3. The number of hydrogen-bond acceptors (Lipinski definition) is 6. The number of aliphatic imine (C=N–C) groups is 1. The Labute approximate surface area is 154 Å². The third kappa shape index (κ3) is 2.79. The molecule has 2 heterocycles. The Morgan fingerprint density at radius 3 is 2.40 bits per heavy atom. The Hall–Kier alpha value is -2.38. The molecule has 0 atom stereocenters. The largest absolute Gasteiger partial charge is 0.508 e. The summed E-state index contributed by atoms with van der Waals surface area (Å²) in [4.78, 5) is 22.7. The zero-order chi connectivity index (χ0) is 17.6. The van der Waals surface area contributed by atoms with Gasteiger partial charge in [-0.15, -0.1) is 0 Å². The smallest absolute Gasteiger partial charge is 0.269 e. The topological polar surface area (TPSA) is 56.1 Å². The van der Waals surface area contributed by atoms with Crippen molar-refractivity contribution in [3.63, 3.8) is 0 Å². The average molecular weight is 369 g/mol. The first-order chi connectivity index (χ1) is 12.0. The number of anilines is 1. The third-order valence-electron chi connectivity index (χ3n) is 3.99. The molecular formula is C18H15N3O2S2. The summed E-state index contributed by atoms with van der Waals surface area (Å²) >= 11 is 2.99. The summed E-state index contributed by atoms with van der Waals surface area (Å²) < 4.78 is 0. The minimum Gasteiger partial charge on any atom is -0.508 e. The maximum absolute atomic E-state index is 12.7. The van der Waals surface area contributed by atoms with E-state index in [1.807, 2.05) is 19.2 Å². The van der Waals surface area contributed by atoms with Crippen molar-refractivity contribution in [1.29, 1.82) is 0 Å². The lowest BCUT2D eigenvalue weighted by atomic mass is 10.3. The van der Waals surface area contributed by atoms with Gasteiger partial charge < -0.3 is 10.0 Å². The molecule has 1 fully saturated rings. The number of amides is 1. The highest BCUT2D eigenvalue weighted by molar-refractivity contribution is 8.19. The summed E-state index contributed by atoms with van der Waals surface area (Å²) in [6.07, 6.45) is 0. The molecule has 1 saturated heterocycles. The third-order valence-corrected chi connectivity index (χ3v) is 6.47. The van der Waals surface area contributed by atoms with E-state index in [0.717, 1.165) is 15.6 Å². The van der Waals surface area contributed by atoms with Crippen molar-refractivity contribution < 1.29 is 9.90 Å². The van der Waals surface area contributed by atoms with E-state index in [-0.39, 0.29) is 11.7 Å². The van der Waals surface area contributed by atoms with E-state index >= 15 is 0 Å². The highest BCUT2D eigenvalue weighted by Gasteiger charge is 2.37. The molecule has 0 aliphatic carbocycles. The van der Waals surface area contributed by atoms with Gasteiger partial charge >= 0.3 is 0 Å². The molecule has 2 aromatic rings. The first-order valence-corrected chi connectivity index (χ1v) is 9.26. The predicted octanol–water partition coefficient (Wildman–Crippen LogP) is 4.00. The standard InChI is InChI=1S/C18H15N3O2S2/c1-20-13-5-3-4-6-14(13)24-17(20)15-16(23)21(2)18(25-15)19-11-7-9-12(22)10-8-11/h3-10,22H,1-2H3/b17-15+,19-18?. The van der Waals surface area contributed by atoms with Crippen molar-refractivity contribution in [2.45, 2.75) is 4.90 Å². The molecule has 25 heavy (non-hydrogen) atoms. The van der Waals surface area contributed by atoms with Crippen molar-refractivity contribution >= 4 is 46.0 Å². The van der Waals surface area contributed by atoms with E-state index in [4.69, 9.17) is 0 Å². The Balaban J connectivity index is 1.69. The zero-order valence-corrected chi connectivity index (χ0v) is 15.3. The minimum atomic E-state index is -0.0512. The number of amidine groups is 1. The van der Waals surface area contributed by atoms with Crippen molar-refractivity contribution in [1.82, 2.24) is 4.90 Å². The molecule has 0 radical (unpaired) electrons. The van der Waals surface area contributed by atoms with E-state index in [1.54, 1.807) is 48.0 Å². The second-order valence-corrected chi connectivity index (χ2v) is 7.65. The van der Waals surface area contributed by atoms with Crippen molar-refractivity contribution in [2.24, 2.45) is 4.99 Å². The Bertz CT molecular complexity index is 922. The number of thioether (sulfide) groups is 2. The minimum absolute atomic E-state index is 0.0512. The fourth-order valence-corrected chi connectivity index (χ4v) is 4.95. The van der Waals surface area contributed by atoms with Crippen LogP contribution in [-0.4, -0.2) is 35.2 Å². The summed E-state index contributed by atoms with van der Waals surface area (Å²) in [5.41, 5.74) is 1.80. The molecule has 0 unspecified atom stereocenters. The number of fused-ring (bicyclic) bond motifs is 1. The normalized spacial score (nSPS) is 21.4. The molecule has 4 rings (SSSR count). The average Bonchev–Trinajstić information content (AvgIpc) is 3.09. The van der Waals surface area contributed by atoms with Crippen LogP contribution in [0.25, 0.3) is 0 Å². The van der Waals surface area contributed by atoms with Crippen LogP contribution in [0.15, 0.2) is 68.4 Å². The highest BCUT2D eigenvalue weighted by Crippen LogP contribution is 2.49. The zero-order valence-electron chi connectivity index (χ0n) is 13.6. The molecular weight excluding hydrogens is 354 g/mol. The van der Waals surface area contributed by atoms with Gasteiger partial charge in [0.05, 0.1) is 16.4 Å². The number of aromatic hydroxyl groups is 1. The lowest BCUT2D eigenvalue weighted by Crippen LogP contribution is -2.24. The number of phenols is 1. The van der Waals surface area contributed by atoms with E-state index in [9.17, 15) is 9.90 Å². The van der Waals surface area contributed by atoms with Crippen LogP contribution in [0.2, 0.25) is 0 Å². The van der Waals surface area contributed by atoms with Gasteiger partial charge in [0.1, 0.15) is 10.7 Å². The van der Waals surface area contributed by atoms with E-state index in [0.29, 0.717) is 15.8 Å². The van der Waals surface area contributed by atoms with E-state index in [1.165, 1.54) is 11.8 Å². The number of rotatable bonds is 1. The Morgan fingerprint density at radius 1 is 0.960 bits per heavy atom. The molecule has 1 N–H and O–H groups in total. The second-order valence-electron chi connectivity index (χ2n) is 5.64. The molecule has 2 aliphatic rings. The molecule has 1 amide bonds. The summed E-state index contributed by atoms with van der Waals surface area (Å²) in [6, 6.07) is 14.7. The van der Waals surface area contributed by atoms with Crippen LogP contribution in [0, 0.1) is 0 Å². The molecule has 0 aromatic heterocycles. The monoisotopic (exact) mass is 369 g/mol. The van der Waals surface area contributed by atoms with Crippen LogP contribution in [-0.2, 0) is 4.79 Å². The number of para-hydroxylation sites is 1. The van der Waals surface area contributed by atoms with Crippen LogP contribution in [0.1, 0.15) is 0 Å². The molecule has 5 nitrogen and oxygen atoms in total. The van der Waals surface area contributed by atoms with Crippen LogP contribution < -0.4 is 4.90 Å². The summed E-state index contributed by atoms with van der Waals surface area (Å²) in [6.45, 7) is 0. The van der Waals surface area contributed by atoms with Crippen LogP contribution >= 0.6 is 23.5 Å². The van der Waals surface area contributed by atoms with E-state index in [2.05, 4.69) is 22.0 Å². The first kappa shape index (κ1) is 16.1. The van der Waals surface area contributed by atoms with Gasteiger partial charge in [0.15, 0.2) is 5.17 Å². The molecule has 0 bridgehead atoms. The Kier molecular flexibility index (Phi) is 3.97. The highest BCUT2D eigenvalue weighted by atomic mass is 32.2. The maximum Gasteiger partial charge on any atom is 0.269 e. The predicted molar refractivity (Wildman–Crippen MR) is 103 cm³/mol. The fraction of sp³-hybridized carbons (Fsp3) is 0.111. The number of benzene rings is 2. The van der Waals surface area contributed by atoms with Crippen LogP contribution in [0.5, 0.6) is 5.75 Å². The summed E-state index contributed by atoms with van der Waals surface area (Å²) in [5.74, 6) is 0.140. The van der Waals surface area contributed by atoms with Crippen LogP contribution in [0.4, 0.5) is 11.4 Å². The van der Waals surface area contributed by atoms with Crippen LogP contribution in [0.3, 0.4) is 0 Å². The number of hydrogen-bond donors (Lipinski definition) is 1. The van der Waals surface area contributed by atoms with Crippen molar-refractivity contribution in [3.8, 4) is 5.75 Å². The SMILES string of the molecule is CN1C(=O)/C(=C2\Sc3ccccc3N2C)SC1=Nc1ccc(O)cc1. The number of likely N-dealkylation sites (N-methyl/N-ethyl adjacent to an activating group) is 1. The fourth-order valence-electron chi connectivity index (χ4n) is 2.61.